The van der Waals surface area contributed by atoms with Gasteiger partial charge in [-0.2, -0.15) is 0 Å². The first kappa shape index (κ1) is 14.3. The van der Waals surface area contributed by atoms with Gasteiger partial charge in [-0.1, -0.05) is 19.1 Å². The quantitative estimate of drug-likeness (QED) is 0.882. The largest absolute Gasteiger partial charge is 0.497 e. The summed E-state index contributed by atoms with van der Waals surface area (Å²) in [6.45, 7) is 5.68. The first-order chi connectivity index (χ1) is 9.24. The van der Waals surface area contributed by atoms with Gasteiger partial charge in [0.05, 0.1) is 13.7 Å². The summed E-state index contributed by atoms with van der Waals surface area (Å²) in [6, 6.07) is 7.52. The van der Waals surface area contributed by atoms with Gasteiger partial charge in [0.2, 0.25) is 0 Å². The van der Waals surface area contributed by atoms with E-state index in [0.29, 0.717) is 6.61 Å². The maximum atomic E-state index is 10.4. The Balaban J connectivity index is 1.99. The highest BCUT2D eigenvalue weighted by molar-refractivity contribution is 5.29. The number of rotatable bonds is 5. The smallest absolute Gasteiger partial charge is 0.118 e. The fourth-order valence-corrected chi connectivity index (χ4v) is 2.46. The van der Waals surface area contributed by atoms with Crippen molar-refractivity contribution in [3.63, 3.8) is 0 Å². The van der Waals surface area contributed by atoms with Crippen LogP contribution < -0.4 is 4.74 Å². The highest BCUT2D eigenvalue weighted by Gasteiger charge is 2.27. The molecule has 1 aliphatic heterocycles. The van der Waals surface area contributed by atoms with E-state index in [1.807, 2.05) is 24.3 Å². The van der Waals surface area contributed by atoms with E-state index < -0.39 is 6.10 Å². The van der Waals surface area contributed by atoms with Crippen molar-refractivity contribution >= 4 is 0 Å². The van der Waals surface area contributed by atoms with Gasteiger partial charge in [0.25, 0.3) is 0 Å². The summed E-state index contributed by atoms with van der Waals surface area (Å²) < 4.78 is 10.8. The Morgan fingerprint density at radius 3 is 2.79 bits per heavy atom. The van der Waals surface area contributed by atoms with Crippen LogP contribution in [0.2, 0.25) is 0 Å². The van der Waals surface area contributed by atoms with E-state index in [1.165, 1.54) is 0 Å². The summed E-state index contributed by atoms with van der Waals surface area (Å²) in [7, 11) is 1.64. The van der Waals surface area contributed by atoms with Gasteiger partial charge in [-0.3, -0.25) is 4.90 Å². The predicted octanol–water partition coefficient (Wildman–Crippen LogP) is 1.84. The molecule has 106 valence electrons. The van der Waals surface area contributed by atoms with Gasteiger partial charge in [-0.05, 0) is 30.7 Å². The van der Waals surface area contributed by atoms with Crippen LogP contribution in [0.25, 0.3) is 0 Å². The zero-order valence-corrected chi connectivity index (χ0v) is 11.7. The van der Waals surface area contributed by atoms with Crippen LogP contribution in [0.15, 0.2) is 24.3 Å². The molecule has 0 amide bonds. The first-order valence-electron chi connectivity index (χ1n) is 6.90. The average molecular weight is 265 g/mol. The van der Waals surface area contributed by atoms with Gasteiger partial charge in [0.15, 0.2) is 0 Å². The molecule has 1 saturated heterocycles. The van der Waals surface area contributed by atoms with Crippen LogP contribution in [0, 0.1) is 0 Å². The van der Waals surface area contributed by atoms with Crippen LogP contribution in [0.1, 0.15) is 25.0 Å². The van der Waals surface area contributed by atoms with E-state index >= 15 is 0 Å². The highest BCUT2D eigenvalue weighted by atomic mass is 16.5. The third-order valence-corrected chi connectivity index (χ3v) is 3.53. The molecule has 1 aliphatic rings. The van der Waals surface area contributed by atoms with Crippen molar-refractivity contribution < 1.29 is 14.6 Å². The molecule has 4 nitrogen and oxygen atoms in total. The number of ether oxygens (including phenoxy) is 2. The second-order valence-electron chi connectivity index (χ2n) is 4.93. The van der Waals surface area contributed by atoms with E-state index in [2.05, 4.69) is 11.8 Å². The van der Waals surface area contributed by atoms with E-state index in [4.69, 9.17) is 9.47 Å². The summed E-state index contributed by atoms with van der Waals surface area (Å²) in [6.07, 6.45) is 0.407. The molecule has 2 atom stereocenters. The Bertz CT molecular complexity index is 377. The van der Waals surface area contributed by atoms with Crippen molar-refractivity contribution in [1.82, 2.24) is 4.90 Å². The van der Waals surface area contributed by atoms with Gasteiger partial charge >= 0.3 is 0 Å². The Labute approximate surface area is 114 Å². The second-order valence-corrected chi connectivity index (χ2v) is 4.93. The van der Waals surface area contributed by atoms with Crippen molar-refractivity contribution in [2.45, 2.75) is 25.6 Å². The summed E-state index contributed by atoms with van der Waals surface area (Å²) in [4.78, 5) is 2.35. The second kappa shape index (κ2) is 6.89. The molecule has 19 heavy (non-hydrogen) atoms. The van der Waals surface area contributed by atoms with Crippen LogP contribution in [-0.4, -0.2) is 49.5 Å². The molecule has 1 aromatic rings. The minimum absolute atomic E-state index is 0.145. The Kier molecular flexibility index (Phi) is 5.19. The lowest BCUT2D eigenvalue weighted by Gasteiger charge is -2.35. The van der Waals surface area contributed by atoms with Gasteiger partial charge in [-0.25, -0.2) is 0 Å². The lowest BCUT2D eigenvalue weighted by Crippen LogP contribution is -2.45. The van der Waals surface area contributed by atoms with Gasteiger partial charge in [0.1, 0.15) is 18.0 Å². The van der Waals surface area contributed by atoms with Crippen LogP contribution >= 0.6 is 0 Å². The number of hydrogen-bond donors (Lipinski definition) is 1. The van der Waals surface area contributed by atoms with Crippen molar-refractivity contribution in [1.29, 1.82) is 0 Å². The summed E-state index contributed by atoms with van der Waals surface area (Å²) in [5.74, 6) is 0.799. The Morgan fingerprint density at radius 1 is 1.42 bits per heavy atom. The molecule has 2 rings (SSSR count). The van der Waals surface area contributed by atoms with Gasteiger partial charge in [0, 0.05) is 13.1 Å². The minimum Gasteiger partial charge on any atom is -0.497 e. The molecular weight excluding hydrogens is 242 g/mol. The average Bonchev–Trinajstić information content (AvgIpc) is 2.47. The van der Waals surface area contributed by atoms with Crippen LogP contribution in [0.4, 0.5) is 0 Å². The maximum absolute atomic E-state index is 10.4. The lowest BCUT2D eigenvalue weighted by atomic mass is 10.0. The molecular formula is C15H23NO3. The number of hydrogen-bond acceptors (Lipinski definition) is 4. The zero-order chi connectivity index (χ0) is 13.7. The maximum Gasteiger partial charge on any atom is 0.118 e. The molecule has 1 aromatic carbocycles. The zero-order valence-electron chi connectivity index (χ0n) is 11.7. The Hall–Kier alpha value is -1.10. The number of aliphatic hydroxyl groups is 1. The Morgan fingerprint density at radius 2 is 2.16 bits per heavy atom. The first-order valence-corrected chi connectivity index (χ1v) is 6.90. The third-order valence-electron chi connectivity index (χ3n) is 3.53. The summed E-state index contributed by atoms with van der Waals surface area (Å²) in [5, 5.41) is 10.4. The fourth-order valence-electron chi connectivity index (χ4n) is 2.46. The molecule has 1 fully saturated rings. The number of methoxy groups -OCH3 is 1. The van der Waals surface area contributed by atoms with Crippen molar-refractivity contribution in [3.8, 4) is 5.75 Å². The lowest BCUT2D eigenvalue weighted by molar-refractivity contribution is -0.0898. The molecule has 4 heteroatoms. The van der Waals surface area contributed by atoms with E-state index in [9.17, 15) is 5.11 Å². The molecule has 0 aromatic heterocycles. The topological polar surface area (TPSA) is 41.9 Å². The van der Waals surface area contributed by atoms with Crippen molar-refractivity contribution in [3.05, 3.63) is 29.8 Å². The van der Waals surface area contributed by atoms with Crippen LogP contribution in [-0.2, 0) is 4.74 Å². The third kappa shape index (κ3) is 3.69. The normalized spacial score (nSPS) is 22.2. The number of benzene rings is 1. The number of morpholine rings is 1. The monoisotopic (exact) mass is 265 g/mol. The van der Waals surface area contributed by atoms with Crippen LogP contribution in [0.3, 0.4) is 0 Å². The standard InChI is InChI=1S/C15H23NO3/c1-3-8-16-9-10-19-14(11-16)15(17)12-4-6-13(18-2)7-5-12/h4-7,14-15,17H,3,8-11H2,1-2H3. The highest BCUT2D eigenvalue weighted by Crippen LogP contribution is 2.24. The van der Waals surface area contributed by atoms with Gasteiger partial charge < -0.3 is 14.6 Å². The molecule has 1 N–H and O–H groups in total. The van der Waals surface area contributed by atoms with E-state index in [1.54, 1.807) is 7.11 Å². The molecule has 0 radical (unpaired) electrons. The molecule has 0 saturated carbocycles. The molecule has 2 unspecified atom stereocenters. The van der Waals surface area contributed by atoms with Crippen molar-refractivity contribution in [2.24, 2.45) is 0 Å². The van der Waals surface area contributed by atoms with Crippen molar-refractivity contribution in [2.75, 3.05) is 33.4 Å². The number of nitrogens with zero attached hydrogens (tertiary/aromatic N) is 1. The van der Waals surface area contributed by atoms with Crippen LogP contribution in [0.5, 0.6) is 5.75 Å². The molecule has 0 aliphatic carbocycles. The number of aliphatic hydroxyl groups excluding tert-OH is 1. The fraction of sp³-hybridized carbons (Fsp3) is 0.600. The summed E-state index contributed by atoms with van der Waals surface area (Å²) in [5.41, 5.74) is 0.879. The SMILES string of the molecule is CCCN1CCOC(C(O)c2ccc(OC)cc2)C1. The predicted molar refractivity (Wildman–Crippen MR) is 74.4 cm³/mol. The molecule has 1 heterocycles. The van der Waals surface area contributed by atoms with Gasteiger partial charge in [-0.15, -0.1) is 0 Å². The van der Waals surface area contributed by atoms with E-state index in [-0.39, 0.29) is 6.10 Å². The van der Waals surface area contributed by atoms with E-state index in [0.717, 1.165) is 37.4 Å². The minimum atomic E-state index is -0.578. The summed E-state index contributed by atoms with van der Waals surface area (Å²) >= 11 is 0. The molecule has 0 spiro atoms. The molecule has 0 bridgehead atoms.